The molecular formula is C22H21ClN2OS. The molecule has 4 rings (SSSR count). The van der Waals surface area contributed by atoms with E-state index in [1.54, 1.807) is 0 Å². The van der Waals surface area contributed by atoms with Crippen molar-refractivity contribution in [2.45, 2.75) is 38.1 Å². The third-order valence-corrected chi connectivity index (χ3v) is 6.12. The van der Waals surface area contributed by atoms with E-state index >= 15 is 0 Å². The van der Waals surface area contributed by atoms with Gasteiger partial charge in [0.05, 0.1) is 10.6 Å². The molecule has 2 aromatic carbocycles. The van der Waals surface area contributed by atoms with Crippen LogP contribution in [0.4, 0.5) is 5.69 Å². The number of nitrogens with zero attached hydrogens (tertiary/aromatic N) is 2. The zero-order valence-electron chi connectivity index (χ0n) is 15.0. The highest BCUT2D eigenvalue weighted by Gasteiger charge is 2.38. The van der Waals surface area contributed by atoms with Crippen LogP contribution in [0, 0.1) is 0 Å². The zero-order valence-corrected chi connectivity index (χ0v) is 16.5. The Hall–Kier alpha value is -2.04. The first-order valence-electron chi connectivity index (χ1n) is 9.33. The smallest absolute Gasteiger partial charge is 0.267 e. The van der Waals surface area contributed by atoms with Crippen molar-refractivity contribution < 1.29 is 4.79 Å². The first kappa shape index (κ1) is 18.3. The standard InChI is InChI=1S/C22H21ClN2OS/c23-17-9-7-8-16(14-17)15-20-21(26)25(19-12-5-2-6-13-19)22(27-20)24-18-10-3-1-4-11-18/h1,3-4,7-11,14-15,19H,2,5-6,12-13H2/b20-15-,24-22?. The second-order valence-corrected chi connectivity index (χ2v) is 8.31. The van der Waals surface area contributed by atoms with Crippen molar-refractivity contribution in [3.8, 4) is 0 Å². The van der Waals surface area contributed by atoms with Crippen LogP contribution in [0.15, 0.2) is 64.5 Å². The predicted octanol–water partition coefficient (Wildman–Crippen LogP) is 6.28. The van der Waals surface area contributed by atoms with E-state index in [4.69, 9.17) is 16.6 Å². The lowest BCUT2D eigenvalue weighted by Gasteiger charge is -2.30. The summed E-state index contributed by atoms with van der Waals surface area (Å²) < 4.78 is 0. The molecule has 0 radical (unpaired) electrons. The van der Waals surface area contributed by atoms with Gasteiger partial charge in [-0.3, -0.25) is 9.69 Å². The Morgan fingerprint density at radius 3 is 2.56 bits per heavy atom. The third-order valence-electron chi connectivity index (χ3n) is 4.90. The van der Waals surface area contributed by atoms with Gasteiger partial charge in [0.25, 0.3) is 5.91 Å². The van der Waals surface area contributed by atoms with Gasteiger partial charge in [0.2, 0.25) is 0 Å². The normalized spacial score (nSPS) is 21.4. The highest BCUT2D eigenvalue weighted by molar-refractivity contribution is 8.18. The fourth-order valence-electron chi connectivity index (χ4n) is 3.59. The van der Waals surface area contributed by atoms with Gasteiger partial charge in [-0.1, -0.05) is 61.2 Å². The molecule has 1 saturated heterocycles. The largest absolute Gasteiger partial charge is 0.283 e. The molecule has 2 aliphatic rings. The number of rotatable bonds is 3. The summed E-state index contributed by atoms with van der Waals surface area (Å²) in [5.74, 6) is 0.0570. The fraction of sp³-hybridized carbons (Fsp3) is 0.273. The number of amidine groups is 1. The Bertz CT molecular complexity index is 888. The van der Waals surface area contributed by atoms with Crippen molar-refractivity contribution in [2.24, 2.45) is 4.99 Å². The minimum absolute atomic E-state index is 0.0570. The molecule has 2 aromatic rings. The third kappa shape index (κ3) is 4.28. The van der Waals surface area contributed by atoms with Gasteiger partial charge in [0, 0.05) is 11.1 Å². The number of carbonyl (C=O) groups is 1. The number of carbonyl (C=O) groups excluding carboxylic acids is 1. The molecule has 1 aliphatic heterocycles. The maximum atomic E-state index is 13.2. The van der Waals surface area contributed by atoms with Gasteiger partial charge in [0.15, 0.2) is 5.17 Å². The molecule has 27 heavy (non-hydrogen) atoms. The summed E-state index contributed by atoms with van der Waals surface area (Å²) in [4.78, 5) is 20.6. The zero-order chi connectivity index (χ0) is 18.6. The summed E-state index contributed by atoms with van der Waals surface area (Å²) in [6, 6.07) is 17.7. The Balaban J connectivity index is 1.69. The Morgan fingerprint density at radius 2 is 1.81 bits per heavy atom. The summed E-state index contributed by atoms with van der Waals surface area (Å²) in [7, 11) is 0. The molecule has 1 aliphatic carbocycles. The predicted molar refractivity (Wildman–Crippen MR) is 114 cm³/mol. The molecule has 1 amide bonds. The van der Waals surface area contributed by atoms with Crippen molar-refractivity contribution in [3.05, 3.63) is 70.1 Å². The van der Waals surface area contributed by atoms with E-state index in [9.17, 15) is 4.79 Å². The second kappa shape index (κ2) is 8.32. The minimum Gasteiger partial charge on any atom is -0.283 e. The van der Waals surface area contributed by atoms with Crippen LogP contribution in [0.3, 0.4) is 0 Å². The van der Waals surface area contributed by atoms with E-state index in [1.165, 1.54) is 31.0 Å². The maximum Gasteiger partial charge on any atom is 0.267 e. The lowest BCUT2D eigenvalue weighted by molar-refractivity contribution is -0.124. The summed E-state index contributed by atoms with van der Waals surface area (Å²) in [6.45, 7) is 0. The highest BCUT2D eigenvalue weighted by Crippen LogP contribution is 2.38. The van der Waals surface area contributed by atoms with Crippen LogP contribution in [0.1, 0.15) is 37.7 Å². The van der Waals surface area contributed by atoms with Crippen LogP contribution in [-0.2, 0) is 4.79 Å². The molecule has 0 unspecified atom stereocenters. The molecule has 0 aromatic heterocycles. The summed E-state index contributed by atoms with van der Waals surface area (Å²) in [5, 5.41) is 1.45. The molecule has 0 N–H and O–H groups in total. The van der Waals surface area contributed by atoms with Crippen LogP contribution >= 0.6 is 23.4 Å². The van der Waals surface area contributed by atoms with Gasteiger partial charge in [-0.2, -0.15) is 0 Å². The first-order chi connectivity index (χ1) is 13.2. The molecule has 1 saturated carbocycles. The molecule has 0 atom stereocenters. The number of hydrogen-bond acceptors (Lipinski definition) is 3. The van der Waals surface area contributed by atoms with Crippen molar-refractivity contribution in [1.29, 1.82) is 0 Å². The minimum atomic E-state index is 0.0570. The lowest BCUT2D eigenvalue weighted by Crippen LogP contribution is -2.40. The summed E-state index contributed by atoms with van der Waals surface area (Å²) >= 11 is 7.56. The van der Waals surface area contributed by atoms with Crippen LogP contribution in [0.5, 0.6) is 0 Å². The lowest BCUT2D eigenvalue weighted by atomic mass is 9.94. The first-order valence-corrected chi connectivity index (χ1v) is 10.5. The van der Waals surface area contributed by atoms with Crippen molar-refractivity contribution >= 4 is 46.2 Å². The molecule has 5 heteroatoms. The monoisotopic (exact) mass is 396 g/mol. The molecule has 3 nitrogen and oxygen atoms in total. The van der Waals surface area contributed by atoms with E-state index < -0.39 is 0 Å². The van der Waals surface area contributed by atoms with Crippen LogP contribution in [0.25, 0.3) is 6.08 Å². The van der Waals surface area contributed by atoms with E-state index in [-0.39, 0.29) is 11.9 Å². The number of benzene rings is 2. The SMILES string of the molecule is O=C1/C(=C/c2cccc(Cl)c2)SC(=Nc2ccccc2)N1C1CCCCC1. The molecular weight excluding hydrogens is 376 g/mol. The Labute approximate surface area is 169 Å². The number of hydrogen-bond donors (Lipinski definition) is 0. The molecule has 2 fully saturated rings. The number of amides is 1. The van der Waals surface area contributed by atoms with Gasteiger partial charge < -0.3 is 0 Å². The maximum absolute atomic E-state index is 13.2. The van der Waals surface area contributed by atoms with Gasteiger partial charge in [-0.25, -0.2) is 4.99 Å². The van der Waals surface area contributed by atoms with Crippen molar-refractivity contribution in [3.63, 3.8) is 0 Å². The van der Waals surface area contributed by atoms with Gasteiger partial charge in [-0.15, -0.1) is 0 Å². The Kier molecular flexibility index (Phi) is 5.65. The average molecular weight is 397 g/mol. The average Bonchev–Trinajstić information content (AvgIpc) is 2.98. The van der Waals surface area contributed by atoms with Gasteiger partial charge in [0.1, 0.15) is 0 Å². The number of halogens is 1. The summed E-state index contributed by atoms with van der Waals surface area (Å²) in [5.41, 5.74) is 1.81. The van der Waals surface area contributed by atoms with E-state index in [2.05, 4.69) is 0 Å². The van der Waals surface area contributed by atoms with Crippen molar-refractivity contribution in [1.82, 2.24) is 4.90 Å². The quantitative estimate of drug-likeness (QED) is 0.572. The highest BCUT2D eigenvalue weighted by atomic mass is 35.5. The van der Waals surface area contributed by atoms with Crippen LogP contribution in [-0.4, -0.2) is 22.0 Å². The molecule has 0 spiro atoms. The topological polar surface area (TPSA) is 32.7 Å². The van der Waals surface area contributed by atoms with E-state index in [0.29, 0.717) is 9.93 Å². The van der Waals surface area contributed by atoms with E-state index in [0.717, 1.165) is 29.3 Å². The number of aliphatic imine (C=N–C) groups is 1. The molecule has 138 valence electrons. The number of thioether (sulfide) groups is 1. The molecule has 1 heterocycles. The van der Waals surface area contributed by atoms with Crippen LogP contribution in [0.2, 0.25) is 5.02 Å². The van der Waals surface area contributed by atoms with Crippen LogP contribution < -0.4 is 0 Å². The second-order valence-electron chi connectivity index (χ2n) is 6.86. The van der Waals surface area contributed by atoms with Gasteiger partial charge >= 0.3 is 0 Å². The van der Waals surface area contributed by atoms with Gasteiger partial charge in [-0.05, 0) is 60.5 Å². The van der Waals surface area contributed by atoms with E-state index in [1.807, 2.05) is 65.6 Å². The molecule has 0 bridgehead atoms. The van der Waals surface area contributed by atoms with Crippen molar-refractivity contribution in [2.75, 3.05) is 0 Å². The fourth-order valence-corrected chi connectivity index (χ4v) is 4.84. The summed E-state index contributed by atoms with van der Waals surface area (Å²) in [6.07, 6.45) is 7.61. The number of para-hydroxylation sites is 1. The Morgan fingerprint density at radius 1 is 1.04 bits per heavy atom.